The molecule has 0 spiro atoms. The molecule has 5 atom stereocenters. The molecule has 0 aliphatic carbocycles. The van der Waals surface area contributed by atoms with Crippen molar-refractivity contribution in [2.45, 2.75) is 198 Å². The van der Waals surface area contributed by atoms with Crippen LogP contribution in [-0.4, -0.2) is 84.0 Å². The molecule has 0 unspecified atom stereocenters. The van der Waals surface area contributed by atoms with Crippen molar-refractivity contribution in [2.24, 2.45) is 0 Å². The molecule has 3 aliphatic rings. The minimum Gasteiger partial charge on any atom is -0.444 e. The third kappa shape index (κ3) is 15.6. The van der Waals surface area contributed by atoms with Gasteiger partial charge in [0.25, 0.3) is 0 Å². The number of hydrogen-bond donors (Lipinski definition) is 1. The third-order valence-corrected chi connectivity index (χ3v) is 10.7. The SMILES string of the molecule is CC(C)(C)OC(=O)N1[C@H](COCCCCCCCCCCC/C=C/C[C@@]23CC[C@@H](O)[C@@H](O2)[C@H](CCCCCCOCc2ccccc2)O3)COC1(C)C. The maximum absolute atomic E-state index is 12.8. The van der Waals surface area contributed by atoms with Crippen LogP contribution in [0.2, 0.25) is 0 Å². The third-order valence-electron chi connectivity index (χ3n) is 10.7. The van der Waals surface area contributed by atoms with E-state index in [-0.39, 0.29) is 24.3 Å². The molecule has 3 heterocycles. The summed E-state index contributed by atoms with van der Waals surface area (Å²) in [6.45, 7) is 12.6. The van der Waals surface area contributed by atoms with Crippen molar-refractivity contribution in [3.8, 4) is 0 Å². The lowest BCUT2D eigenvalue weighted by molar-refractivity contribution is -0.208. The minimum atomic E-state index is -0.691. The van der Waals surface area contributed by atoms with E-state index in [1.54, 1.807) is 4.90 Å². The van der Waals surface area contributed by atoms with E-state index >= 15 is 0 Å². The molecule has 1 amide bonds. The summed E-state index contributed by atoms with van der Waals surface area (Å²) in [4.78, 5) is 14.5. The molecule has 1 aromatic carbocycles. The minimum absolute atomic E-state index is 0.00717. The summed E-state index contributed by atoms with van der Waals surface area (Å²) >= 11 is 0. The fourth-order valence-electron chi connectivity index (χ4n) is 7.75. The quantitative estimate of drug-likeness (QED) is 0.0781. The second-order valence-electron chi connectivity index (χ2n) is 17.0. The Balaban J connectivity index is 0.947. The number of benzene rings is 1. The first-order valence-corrected chi connectivity index (χ1v) is 21.0. The number of ether oxygens (including phenoxy) is 6. The Hall–Kier alpha value is -2.01. The number of carbonyl (C=O) groups is 1. The van der Waals surface area contributed by atoms with Gasteiger partial charge < -0.3 is 33.5 Å². The van der Waals surface area contributed by atoms with Crippen molar-refractivity contribution in [2.75, 3.05) is 26.4 Å². The van der Waals surface area contributed by atoms with E-state index in [0.717, 1.165) is 70.8 Å². The van der Waals surface area contributed by atoms with E-state index in [1.807, 2.05) is 52.8 Å². The highest BCUT2D eigenvalue weighted by atomic mass is 16.8. The molecule has 0 saturated carbocycles. The second-order valence-corrected chi connectivity index (χ2v) is 17.0. The predicted molar refractivity (Wildman–Crippen MR) is 210 cm³/mol. The second kappa shape index (κ2) is 22.5. The molecule has 1 aromatic rings. The lowest BCUT2D eigenvalue weighted by Gasteiger charge is -2.35. The van der Waals surface area contributed by atoms with E-state index in [4.69, 9.17) is 28.4 Å². The van der Waals surface area contributed by atoms with Crippen LogP contribution in [0.4, 0.5) is 4.79 Å². The van der Waals surface area contributed by atoms with E-state index < -0.39 is 23.2 Å². The van der Waals surface area contributed by atoms with Crippen LogP contribution in [0.3, 0.4) is 0 Å². The molecule has 302 valence electrons. The van der Waals surface area contributed by atoms with Gasteiger partial charge in [-0.2, -0.15) is 0 Å². The van der Waals surface area contributed by atoms with Crippen LogP contribution in [0.25, 0.3) is 0 Å². The van der Waals surface area contributed by atoms with Crippen LogP contribution in [0, 0.1) is 0 Å². The van der Waals surface area contributed by atoms with Crippen molar-refractivity contribution < 1.29 is 38.3 Å². The van der Waals surface area contributed by atoms with Crippen molar-refractivity contribution in [1.82, 2.24) is 4.90 Å². The summed E-state index contributed by atoms with van der Waals surface area (Å²) in [7, 11) is 0. The fourth-order valence-corrected chi connectivity index (χ4v) is 7.75. The highest BCUT2D eigenvalue weighted by molar-refractivity contribution is 5.69. The molecule has 3 fully saturated rings. The Morgan fingerprint density at radius 3 is 2.21 bits per heavy atom. The van der Waals surface area contributed by atoms with Gasteiger partial charge in [0, 0.05) is 26.1 Å². The van der Waals surface area contributed by atoms with Crippen molar-refractivity contribution in [3.63, 3.8) is 0 Å². The van der Waals surface area contributed by atoms with Crippen molar-refractivity contribution >= 4 is 6.09 Å². The zero-order chi connectivity index (χ0) is 38.0. The van der Waals surface area contributed by atoms with Crippen LogP contribution >= 0.6 is 0 Å². The molecule has 4 rings (SSSR count). The standard InChI is InChI=1S/C44H73NO8/c1-42(2,3)53-41(47)45-37(35-50-43(45,4)5)34-49-32-23-16-13-11-9-7-6-8-10-12-15-22-29-44-30-28-38(46)40(52-44)39(51-44)27-21-14-17-24-31-48-33-36-25-19-18-20-26-36/h15,18-20,22,25-26,37-40,46H,6-14,16-17,21,23-24,27-35H2,1-5H3/b22-15+/t37-,38-,39+,40-,44+/m1/s1. The summed E-state index contributed by atoms with van der Waals surface area (Å²) in [5, 5.41) is 10.6. The van der Waals surface area contributed by atoms with Crippen molar-refractivity contribution in [1.29, 1.82) is 0 Å². The number of nitrogens with zero attached hydrogens (tertiary/aromatic N) is 1. The van der Waals surface area contributed by atoms with Gasteiger partial charge in [-0.25, -0.2) is 4.79 Å². The fraction of sp³-hybridized carbons (Fsp3) is 0.795. The van der Waals surface area contributed by atoms with Gasteiger partial charge >= 0.3 is 6.09 Å². The maximum Gasteiger partial charge on any atom is 0.412 e. The van der Waals surface area contributed by atoms with Gasteiger partial charge in [-0.05, 0) is 78.7 Å². The first-order chi connectivity index (χ1) is 25.5. The normalized spacial score (nSPS) is 25.4. The number of allylic oxidation sites excluding steroid dienone is 1. The first kappa shape index (κ1) is 43.7. The number of amides is 1. The van der Waals surface area contributed by atoms with E-state index in [2.05, 4.69) is 24.3 Å². The Morgan fingerprint density at radius 2 is 1.51 bits per heavy atom. The summed E-state index contributed by atoms with van der Waals surface area (Å²) in [5.74, 6) is -0.548. The van der Waals surface area contributed by atoms with Crippen LogP contribution in [0.15, 0.2) is 42.5 Å². The van der Waals surface area contributed by atoms with Crippen LogP contribution in [-0.2, 0) is 35.0 Å². The molecule has 53 heavy (non-hydrogen) atoms. The Bertz CT molecular complexity index is 1190. The molecule has 9 nitrogen and oxygen atoms in total. The van der Waals surface area contributed by atoms with Gasteiger partial charge in [0.05, 0.1) is 38.1 Å². The number of hydrogen-bond acceptors (Lipinski definition) is 8. The summed E-state index contributed by atoms with van der Waals surface area (Å²) in [5.41, 5.74) is -0.0124. The topological polar surface area (TPSA) is 95.9 Å². The van der Waals surface area contributed by atoms with Crippen LogP contribution in [0.1, 0.15) is 156 Å². The lowest BCUT2D eigenvalue weighted by atomic mass is 9.95. The van der Waals surface area contributed by atoms with Gasteiger partial charge in [-0.3, -0.25) is 4.90 Å². The highest BCUT2D eigenvalue weighted by Crippen LogP contribution is 2.44. The maximum atomic E-state index is 12.8. The smallest absolute Gasteiger partial charge is 0.412 e. The molecule has 3 aliphatic heterocycles. The number of rotatable bonds is 25. The van der Waals surface area contributed by atoms with Gasteiger partial charge in [0.1, 0.15) is 17.4 Å². The molecular formula is C44H73NO8. The number of carbonyl (C=O) groups excluding carboxylic acids is 1. The van der Waals surface area contributed by atoms with E-state index in [9.17, 15) is 9.90 Å². The molecule has 3 saturated heterocycles. The molecule has 0 radical (unpaired) electrons. The van der Waals surface area contributed by atoms with Gasteiger partial charge in [0.15, 0.2) is 5.79 Å². The Morgan fingerprint density at radius 1 is 0.868 bits per heavy atom. The largest absolute Gasteiger partial charge is 0.444 e. The number of unbranched alkanes of at least 4 members (excludes halogenated alkanes) is 12. The van der Waals surface area contributed by atoms with E-state index in [0.29, 0.717) is 26.4 Å². The Labute approximate surface area is 321 Å². The molecule has 9 heteroatoms. The van der Waals surface area contributed by atoms with Crippen LogP contribution in [0.5, 0.6) is 0 Å². The van der Waals surface area contributed by atoms with Gasteiger partial charge in [-0.1, -0.05) is 107 Å². The van der Waals surface area contributed by atoms with Gasteiger partial charge in [-0.15, -0.1) is 0 Å². The van der Waals surface area contributed by atoms with Crippen molar-refractivity contribution in [3.05, 3.63) is 48.0 Å². The lowest BCUT2D eigenvalue weighted by Crippen LogP contribution is -2.51. The zero-order valence-corrected chi connectivity index (χ0v) is 33.9. The Kier molecular flexibility index (Phi) is 18.6. The monoisotopic (exact) mass is 744 g/mol. The average Bonchev–Trinajstić information content (AvgIpc) is 3.60. The summed E-state index contributed by atoms with van der Waals surface area (Å²) < 4.78 is 36.1. The average molecular weight is 744 g/mol. The molecule has 0 aromatic heterocycles. The predicted octanol–water partition coefficient (Wildman–Crippen LogP) is 10.0. The summed E-state index contributed by atoms with van der Waals surface area (Å²) in [6, 6.07) is 10.2. The number of aliphatic hydroxyl groups excluding tert-OH is 1. The van der Waals surface area contributed by atoms with Gasteiger partial charge in [0.2, 0.25) is 0 Å². The molecule has 2 bridgehead atoms. The molecular weight excluding hydrogens is 670 g/mol. The molecule has 1 N–H and O–H groups in total. The number of fused-ring (bicyclic) bond motifs is 2. The van der Waals surface area contributed by atoms with E-state index in [1.165, 1.54) is 56.9 Å². The van der Waals surface area contributed by atoms with Crippen LogP contribution < -0.4 is 0 Å². The highest BCUT2D eigenvalue weighted by Gasteiger charge is 2.52. The zero-order valence-electron chi connectivity index (χ0n) is 33.9. The first-order valence-electron chi connectivity index (χ1n) is 21.0. The number of aliphatic hydroxyl groups is 1. The summed E-state index contributed by atoms with van der Waals surface area (Å²) in [6.07, 6.45) is 23.5.